The molecule has 170 valence electrons. The average molecular weight is 634 g/mol. The van der Waals surface area contributed by atoms with Gasteiger partial charge in [-0.2, -0.15) is 47.5 Å². The zero-order valence-corrected chi connectivity index (χ0v) is 25.8. The van der Waals surface area contributed by atoms with E-state index in [9.17, 15) is 0 Å². The second-order valence-electron chi connectivity index (χ2n) is 10.4. The van der Waals surface area contributed by atoms with Crippen molar-refractivity contribution in [3.05, 3.63) is 89.0 Å². The molecule has 0 radical (unpaired) electrons. The van der Waals surface area contributed by atoms with E-state index in [0.717, 1.165) is 6.42 Å². The fourth-order valence-corrected chi connectivity index (χ4v) is 3.68. The average Bonchev–Trinajstić information content (AvgIpc) is 3.15. The van der Waals surface area contributed by atoms with Crippen LogP contribution < -0.4 is 34.0 Å². The molecule has 0 N–H and O–H groups in total. The van der Waals surface area contributed by atoms with Gasteiger partial charge in [0, 0.05) is 0 Å². The monoisotopic (exact) mass is 630 g/mol. The number of hydrogen-bond donors (Lipinski definition) is 0. The summed E-state index contributed by atoms with van der Waals surface area (Å²) in [5, 5.41) is 0. The zero-order chi connectivity index (χ0) is 21.9. The maximum absolute atomic E-state index is 3.53. The molecule has 3 aromatic rings. The minimum Gasteiger partial charge on any atom is -0.214 e. The Bertz CT molecular complexity index is 918. The Morgan fingerprint density at radius 1 is 0.812 bits per heavy atom. The summed E-state index contributed by atoms with van der Waals surface area (Å²) < 4.78 is 1.76. The molecule has 2 aliphatic carbocycles. The van der Waals surface area contributed by atoms with E-state index in [2.05, 4.69) is 77.9 Å². The summed E-state index contributed by atoms with van der Waals surface area (Å²) in [5.41, 5.74) is 8.76. The molecule has 0 saturated heterocycles. The molecule has 3 heteroatoms. The van der Waals surface area contributed by atoms with Gasteiger partial charge in [-0.1, -0.05) is 76.3 Å². The van der Waals surface area contributed by atoms with Crippen molar-refractivity contribution in [1.29, 1.82) is 0 Å². The Labute approximate surface area is 231 Å². The van der Waals surface area contributed by atoms with E-state index in [1.807, 2.05) is 30.3 Å². The molecule has 0 aliphatic heterocycles. The standard InChI is InChI=1S/C21H25.C5H5.C3H4.2BrH.Zr/c1-20(2,3)16-9-7-14-11-15-8-10-17(21(4,5)6)13-19(15)18(14)12-16;1-2-4-5-3-1;1-2-3-1;;;/h7,9-10,12-13H,11H2,1-6H3;1-5H;1-2H2;2*1H;/q2*-1;;;;+2/p-2. The van der Waals surface area contributed by atoms with Gasteiger partial charge < -0.3 is 34.0 Å². The first-order chi connectivity index (χ1) is 14.1. The van der Waals surface area contributed by atoms with Crippen molar-refractivity contribution in [2.24, 2.45) is 0 Å². The third kappa shape index (κ3) is 8.37. The minimum absolute atomic E-state index is 0. The van der Waals surface area contributed by atoms with Crippen molar-refractivity contribution in [1.82, 2.24) is 0 Å². The molecule has 3 aromatic carbocycles. The fraction of sp³-hybridized carbons (Fsp3) is 0.379. The van der Waals surface area contributed by atoms with Gasteiger partial charge in [-0.25, -0.2) is 12.1 Å². The van der Waals surface area contributed by atoms with Crippen molar-refractivity contribution in [2.45, 2.75) is 71.6 Å². The van der Waals surface area contributed by atoms with Crippen LogP contribution in [0.1, 0.15) is 76.6 Å². The van der Waals surface area contributed by atoms with Gasteiger partial charge in [0.1, 0.15) is 0 Å². The molecule has 0 bridgehead atoms. The first-order valence-electron chi connectivity index (χ1n) is 11.0. The van der Waals surface area contributed by atoms with Gasteiger partial charge >= 0.3 is 40.3 Å². The first-order valence-corrected chi connectivity index (χ1v) is 12.2. The predicted octanol–water partition coefficient (Wildman–Crippen LogP) is 1.57. The maximum atomic E-state index is 3.53. The molecule has 0 unspecified atom stereocenters. The summed E-state index contributed by atoms with van der Waals surface area (Å²) in [4.78, 5) is 0. The Kier molecular flexibility index (Phi) is 11.3. The van der Waals surface area contributed by atoms with Crippen molar-refractivity contribution < 1.29 is 58.2 Å². The Balaban J connectivity index is 0.000000387. The molecule has 0 amide bonds. The molecule has 0 atom stereocenters. The van der Waals surface area contributed by atoms with Crippen molar-refractivity contribution in [3.8, 4) is 11.1 Å². The fourth-order valence-electron chi connectivity index (χ4n) is 3.37. The summed E-state index contributed by atoms with van der Waals surface area (Å²) in [6.07, 6.45) is 3.91. The van der Waals surface area contributed by atoms with Crippen molar-refractivity contribution in [2.75, 3.05) is 0 Å². The second-order valence-corrected chi connectivity index (χ2v) is 12.1. The van der Waals surface area contributed by atoms with Gasteiger partial charge in [-0.05, 0) is 17.4 Å². The van der Waals surface area contributed by atoms with Crippen LogP contribution in [0.2, 0.25) is 0 Å². The SMILES string of the molecule is CC(C)(C)c1c[c-]c2c(c1)-c1cc(C(C)(C)C)ccc1C2.[Br-].[Br-].[Zr+2]=[C]1CC1.c1cc[cH-]c1. The summed E-state index contributed by atoms with van der Waals surface area (Å²) in [6, 6.07) is 25.1. The molecular formula is C29H34Br2Zr-2. The normalized spacial score (nSPS) is 13.2. The van der Waals surface area contributed by atoms with E-state index < -0.39 is 0 Å². The molecule has 2 aliphatic rings. The summed E-state index contributed by atoms with van der Waals surface area (Å²) in [5.74, 6) is 0. The zero-order valence-electron chi connectivity index (χ0n) is 20.2. The summed E-state index contributed by atoms with van der Waals surface area (Å²) >= 11 is 1.66. The summed E-state index contributed by atoms with van der Waals surface area (Å²) in [6.45, 7) is 13.6. The van der Waals surface area contributed by atoms with Gasteiger partial charge in [-0.3, -0.25) is 0 Å². The van der Waals surface area contributed by atoms with Crippen LogP contribution in [0.3, 0.4) is 0 Å². The van der Waals surface area contributed by atoms with Gasteiger partial charge in [0.05, 0.1) is 0 Å². The van der Waals surface area contributed by atoms with E-state index in [4.69, 9.17) is 0 Å². The third-order valence-corrected chi connectivity index (χ3v) is 6.81. The minimum atomic E-state index is 0. The number of halogens is 2. The Hall–Kier alpha value is -0.497. The van der Waals surface area contributed by atoms with Crippen LogP contribution in [-0.4, -0.2) is 3.21 Å². The van der Waals surface area contributed by atoms with Gasteiger partial charge in [-0.15, -0.1) is 5.56 Å². The van der Waals surface area contributed by atoms with Gasteiger partial charge in [0.15, 0.2) is 0 Å². The smallest absolute Gasteiger partial charge is 0.172 e. The van der Waals surface area contributed by atoms with Crippen LogP contribution in [0.5, 0.6) is 0 Å². The molecule has 0 nitrogen and oxygen atoms in total. The third-order valence-electron chi connectivity index (χ3n) is 5.58. The molecule has 32 heavy (non-hydrogen) atoms. The quantitative estimate of drug-likeness (QED) is 0.258. The number of rotatable bonds is 0. The van der Waals surface area contributed by atoms with Gasteiger partial charge in [0.25, 0.3) is 0 Å². The van der Waals surface area contributed by atoms with Crippen LogP contribution in [0.25, 0.3) is 11.1 Å². The van der Waals surface area contributed by atoms with Crippen LogP contribution in [0.4, 0.5) is 0 Å². The van der Waals surface area contributed by atoms with E-state index >= 15 is 0 Å². The number of fused-ring (bicyclic) bond motifs is 3. The van der Waals surface area contributed by atoms with E-state index in [1.165, 1.54) is 46.2 Å². The molecule has 1 fully saturated rings. The molecule has 0 heterocycles. The van der Waals surface area contributed by atoms with Crippen LogP contribution in [0.15, 0.2) is 60.7 Å². The van der Waals surface area contributed by atoms with E-state index in [1.54, 1.807) is 27.4 Å². The maximum Gasteiger partial charge on any atom is -0.172 e. The first kappa shape index (κ1) is 29.5. The van der Waals surface area contributed by atoms with Crippen molar-refractivity contribution >= 4 is 3.21 Å². The molecule has 0 spiro atoms. The number of hydrogen-bond acceptors (Lipinski definition) is 0. The van der Waals surface area contributed by atoms with Crippen molar-refractivity contribution in [3.63, 3.8) is 0 Å². The second kappa shape index (κ2) is 12.3. The van der Waals surface area contributed by atoms with Crippen LogP contribution >= 0.6 is 0 Å². The van der Waals surface area contributed by atoms with Gasteiger partial charge in [0.2, 0.25) is 0 Å². The van der Waals surface area contributed by atoms with Crippen LogP contribution in [0, 0.1) is 6.07 Å². The largest absolute Gasteiger partial charge is 0.214 e. The Morgan fingerprint density at radius 3 is 1.78 bits per heavy atom. The number of benzene rings is 2. The Morgan fingerprint density at radius 2 is 1.34 bits per heavy atom. The molecule has 5 rings (SSSR count). The molecular weight excluding hydrogens is 599 g/mol. The summed E-state index contributed by atoms with van der Waals surface area (Å²) in [7, 11) is 0. The topological polar surface area (TPSA) is 0 Å². The molecule has 1 saturated carbocycles. The van der Waals surface area contributed by atoms with E-state index in [-0.39, 0.29) is 44.8 Å². The molecule has 0 aromatic heterocycles. The van der Waals surface area contributed by atoms with E-state index in [0.29, 0.717) is 0 Å². The predicted molar refractivity (Wildman–Crippen MR) is 127 cm³/mol. The van der Waals surface area contributed by atoms with Crippen LogP contribution in [-0.2, 0) is 41.5 Å².